The van der Waals surface area contributed by atoms with Crippen molar-refractivity contribution < 1.29 is 22.4 Å². The lowest BCUT2D eigenvalue weighted by Gasteiger charge is -2.08. The fourth-order valence-corrected chi connectivity index (χ4v) is 2.09. The highest BCUT2D eigenvalue weighted by Gasteiger charge is 2.30. The summed E-state index contributed by atoms with van der Waals surface area (Å²) in [6, 6.07) is 6.82. The number of benzene rings is 1. The summed E-state index contributed by atoms with van der Waals surface area (Å²) in [5, 5.41) is 2.39. The molecule has 0 saturated carbocycles. The molecule has 26 heavy (non-hydrogen) atoms. The highest BCUT2D eigenvalue weighted by Crippen LogP contribution is 2.30. The molecule has 0 aliphatic heterocycles. The molecule has 0 radical (unpaired) electrons. The molecule has 2 heterocycles. The Morgan fingerprint density at radius 2 is 1.62 bits per heavy atom. The van der Waals surface area contributed by atoms with Crippen LogP contribution < -0.4 is 5.32 Å². The van der Waals surface area contributed by atoms with E-state index in [9.17, 15) is 22.4 Å². The van der Waals surface area contributed by atoms with Gasteiger partial charge in [-0.25, -0.2) is 19.3 Å². The number of nitrogens with one attached hydrogen (secondary N) is 1. The number of anilines is 1. The molecule has 0 saturated heterocycles. The Morgan fingerprint density at radius 1 is 0.962 bits per heavy atom. The number of halogens is 4. The number of hydrogen-bond donors (Lipinski definition) is 1. The first kappa shape index (κ1) is 17.5. The zero-order chi connectivity index (χ0) is 18.7. The second-order valence-electron chi connectivity index (χ2n) is 5.16. The minimum atomic E-state index is -4.42. The number of aromatic nitrogens is 3. The van der Waals surface area contributed by atoms with Gasteiger partial charge in [0.2, 0.25) is 0 Å². The normalized spacial score (nSPS) is 11.2. The molecule has 0 aliphatic carbocycles. The van der Waals surface area contributed by atoms with E-state index in [0.29, 0.717) is 5.56 Å². The topological polar surface area (TPSA) is 67.8 Å². The summed E-state index contributed by atoms with van der Waals surface area (Å²) in [6.07, 6.45) is -0.617. The van der Waals surface area contributed by atoms with Gasteiger partial charge in [-0.05, 0) is 24.3 Å². The van der Waals surface area contributed by atoms with Crippen LogP contribution in [0.15, 0.2) is 55.0 Å². The first-order valence-electron chi connectivity index (χ1n) is 7.26. The van der Waals surface area contributed by atoms with Crippen LogP contribution in [0.25, 0.3) is 11.4 Å². The monoisotopic (exact) mass is 362 g/mol. The third kappa shape index (κ3) is 3.82. The fourth-order valence-electron chi connectivity index (χ4n) is 2.09. The summed E-state index contributed by atoms with van der Waals surface area (Å²) in [7, 11) is 0. The van der Waals surface area contributed by atoms with Crippen molar-refractivity contribution >= 4 is 11.6 Å². The van der Waals surface area contributed by atoms with Gasteiger partial charge in [0.25, 0.3) is 5.91 Å². The average molecular weight is 362 g/mol. The van der Waals surface area contributed by atoms with Gasteiger partial charge in [0.1, 0.15) is 0 Å². The van der Waals surface area contributed by atoms with E-state index >= 15 is 0 Å². The van der Waals surface area contributed by atoms with Crippen LogP contribution >= 0.6 is 0 Å². The third-order valence-electron chi connectivity index (χ3n) is 3.35. The number of nitrogens with zero attached hydrogens (tertiary/aromatic N) is 3. The van der Waals surface area contributed by atoms with Crippen molar-refractivity contribution in [3.63, 3.8) is 0 Å². The number of alkyl halides is 3. The Hall–Kier alpha value is -3.36. The van der Waals surface area contributed by atoms with E-state index in [1.807, 2.05) is 0 Å². The predicted octanol–water partition coefficient (Wildman–Crippen LogP) is 3.95. The Morgan fingerprint density at radius 3 is 2.19 bits per heavy atom. The molecule has 0 aliphatic rings. The zero-order valence-corrected chi connectivity index (χ0v) is 13.0. The zero-order valence-electron chi connectivity index (χ0n) is 13.0. The van der Waals surface area contributed by atoms with Gasteiger partial charge in [-0.15, -0.1) is 0 Å². The van der Waals surface area contributed by atoms with Crippen molar-refractivity contribution in [3.05, 3.63) is 72.1 Å². The van der Waals surface area contributed by atoms with Gasteiger partial charge in [-0.3, -0.25) is 4.79 Å². The van der Waals surface area contributed by atoms with Crippen LogP contribution in [0.3, 0.4) is 0 Å². The van der Waals surface area contributed by atoms with Crippen LogP contribution in [0.2, 0.25) is 0 Å². The van der Waals surface area contributed by atoms with Crippen LogP contribution in [0.1, 0.15) is 16.1 Å². The van der Waals surface area contributed by atoms with Gasteiger partial charge >= 0.3 is 6.18 Å². The molecule has 9 heteroatoms. The van der Waals surface area contributed by atoms with Gasteiger partial charge in [0.05, 0.1) is 23.6 Å². The molecule has 1 N–H and O–H groups in total. The first-order chi connectivity index (χ1) is 12.3. The summed E-state index contributed by atoms with van der Waals surface area (Å²) < 4.78 is 51.2. The van der Waals surface area contributed by atoms with E-state index in [4.69, 9.17) is 0 Å². The van der Waals surface area contributed by atoms with Crippen molar-refractivity contribution in [2.45, 2.75) is 6.18 Å². The van der Waals surface area contributed by atoms with E-state index in [1.54, 1.807) is 0 Å². The van der Waals surface area contributed by atoms with Gasteiger partial charge in [0.15, 0.2) is 17.3 Å². The molecule has 0 fully saturated rings. The second-order valence-corrected chi connectivity index (χ2v) is 5.16. The lowest BCUT2D eigenvalue weighted by atomic mass is 10.1. The highest BCUT2D eigenvalue weighted by molar-refractivity contribution is 6.02. The van der Waals surface area contributed by atoms with Gasteiger partial charge in [-0.2, -0.15) is 13.2 Å². The number of rotatable bonds is 3. The molecule has 2 aromatic heterocycles. The number of carbonyl (C=O) groups is 1. The second kappa shape index (κ2) is 6.87. The SMILES string of the molecule is O=C(Nc1cnc(-c2ccc(C(F)(F)F)cc2)nc1)c1ncccc1F. The Bertz CT molecular complexity index is 925. The smallest absolute Gasteiger partial charge is 0.318 e. The predicted molar refractivity (Wildman–Crippen MR) is 84.6 cm³/mol. The summed E-state index contributed by atoms with van der Waals surface area (Å²) >= 11 is 0. The molecule has 0 bridgehead atoms. The van der Waals surface area contributed by atoms with Gasteiger partial charge in [-0.1, -0.05) is 12.1 Å². The number of hydrogen-bond acceptors (Lipinski definition) is 4. The van der Waals surface area contributed by atoms with E-state index in [0.717, 1.165) is 18.2 Å². The van der Waals surface area contributed by atoms with Crippen LogP contribution in [-0.2, 0) is 6.18 Å². The minimum absolute atomic E-state index is 0.181. The van der Waals surface area contributed by atoms with E-state index < -0.39 is 23.5 Å². The minimum Gasteiger partial charge on any atom is -0.318 e. The molecule has 3 aromatic rings. The van der Waals surface area contributed by atoms with Gasteiger partial charge < -0.3 is 5.32 Å². The molecular formula is C17H10F4N4O. The van der Waals surface area contributed by atoms with Crippen LogP contribution in [0, 0.1) is 5.82 Å². The summed E-state index contributed by atoms with van der Waals surface area (Å²) in [5.41, 5.74) is -0.579. The van der Waals surface area contributed by atoms with Crippen LogP contribution in [0.4, 0.5) is 23.2 Å². The number of carbonyl (C=O) groups excluding carboxylic acids is 1. The first-order valence-corrected chi connectivity index (χ1v) is 7.26. The molecule has 132 valence electrons. The Labute approximate surface area is 144 Å². The largest absolute Gasteiger partial charge is 0.416 e. The maximum Gasteiger partial charge on any atom is 0.416 e. The van der Waals surface area contributed by atoms with Crippen molar-refractivity contribution in [2.24, 2.45) is 0 Å². The van der Waals surface area contributed by atoms with Crippen molar-refractivity contribution in [3.8, 4) is 11.4 Å². The standard InChI is InChI=1S/C17H10F4N4O/c18-13-2-1-7-22-14(13)16(26)25-12-8-23-15(24-9-12)10-3-5-11(6-4-10)17(19,20)21/h1-9H,(H,25,26). The Kier molecular flexibility index (Phi) is 4.61. The van der Waals surface area contributed by atoms with E-state index in [-0.39, 0.29) is 17.2 Å². The summed E-state index contributed by atoms with van der Waals surface area (Å²) in [6.45, 7) is 0. The highest BCUT2D eigenvalue weighted by atomic mass is 19.4. The van der Waals surface area contributed by atoms with Crippen LogP contribution in [-0.4, -0.2) is 20.9 Å². The van der Waals surface area contributed by atoms with Crippen molar-refractivity contribution in [1.82, 2.24) is 15.0 Å². The molecule has 0 spiro atoms. The van der Waals surface area contributed by atoms with Crippen molar-refractivity contribution in [1.29, 1.82) is 0 Å². The van der Waals surface area contributed by atoms with E-state index in [1.165, 1.54) is 36.8 Å². The molecule has 1 amide bonds. The average Bonchev–Trinajstić information content (AvgIpc) is 2.62. The van der Waals surface area contributed by atoms with Gasteiger partial charge in [0, 0.05) is 11.8 Å². The Balaban J connectivity index is 1.74. The van der Waals surface area contributed by atoms with Crippen LogP contribution in [0.5, 0.6) is 0 Å². The lowest BCUT2D eigenvalue weighted by molar-refractivity contribution is -0.137. The summed E-state index contributed by atoms with van der Waals surface area (Å²) in [4.78, 5) is 23.6. The third-order valence-corrected chi connectivity index (χ3v) is 3.35. The maximum absolute atomic E-state index is 13.5. The van der Waals surface area contributed by atoms with E-state index in [2.05, 4.69) is 20.3 Å². The quantitative estimate of drug-likeness (QED) is 0.717. The number of pyridine rings is 1. The lowest BCUT2D eigenvalue weighted by Crippen LogP contribution is -2.15. The molecule has 0 unspecified atom stereocenters. The molecule has 3 rings (SSSR count). The molecular weight excluding hydrogens is 352 g/mol. The summed E-state index contributed by atoms with van der Waals surface area (Å²) in [5.74, 6) is -1.36. The maximum atomic E-state index is 13.5. The fraction of sp³-hybridized carbons (Fsp3) is 0.0588. The molecule has 0 atom stereocenters. The van der Waals surface area contributed by atoms with Crippen molar-refractivity contribution in [2.75, 3.05) is 5.32 Å². The molecule has 5 nitrogen and oxygen atoms in total. The number of amides is 1. The molecule has 1 aromatic carbocycles.